The van der Waals surface area contributed by atoms with Gasteiger partial charge < -0.3 is 10.2 Å². The Labute approximate surface area is 148 Å². The standard InChI is InChI=1S/C17H28N4O2S/c1-11(2)16-19-13(5)15(24-16)17(23)21-8-6-20(7-9-21)10-14(22)18-12(3)4/h11-12H,6-10H2,1-5H3,(H,18,22). The topological polar surface area (TPSA) is 65.5 Å². The van der Waals surface area contributed by atoms with Gasteiger partial charge in [-0.1, -0.05) is 13.8 Å². The molecular weight excluding hydrogens is 324 g/mol. The number of piperazine rings is 1. The molecule has 1 aliphatic heterocycles. The first kappa shape index (κ1) is 18.9. The van der Waals surface area contributed by atoms with Crippen molar-refractivity contribution in [2.24, 2.45) is 0 Å². The van der Waals surface area contributed by atoms with Gasteiger partial charge in [0.05, 0.1) is 17.2 Å². The summed E-state index contributed by atoms with van der Waals surface area (Å²) in [5.74, 6) is 0.458. The fourth-order valence-corrected chi connectivity index (χ4v) is 3.72. The second kappa shape index (κ2) is 8.07. The summed E-state index contributed by atoms with van der Waals surface area (Å²) in [4.78, 5) is 33.8. The van der Waals surface area contributed by atoms with Gasteiger partial charge in [0, 0.05) is 38.1 Å². The molecule has 1 aliphatic rings. The minimum absolute atomic E-state index is 0.0460. The molecule has 6 nitrogen and oxygen atoms in total. The van der Waals surface area contributed by atoms with Crippen LogP contribution in [0.5, 0.6) is 0 Å². The lowest BCUT2D eigenvalue weighted by Crippen LogP contribution is -2.51. The summed E-state index contributed by atoms with van der Waals surface area (Å²) in [6, 6.07) is 0.157. The molecule has 134 valence electrons. The molecule has 0 spiro atoms. The van der Waals surface area contributed by atoms with E-state index >= 15 is 0 Å². The Bertz CT molecular complexity index is 589. The smallest absolute Gasteiger partial charge is 0.265 e. The van der Waals surface area contributed by atoms with E-state index < -0.39 is 0 Å². The molecule has 1 aromatic rings. The van der Waals surface area contributed by atoms with Crippen molar-refractivity contribution in [3.63, 3.8) is 0 Å². The third kappa shape index (κ3) is 4.77. The lowest BCUT2D eigenvalue weighted by Gasteiger charge is -2.34. The number of amides is 2. The van der Waals surface area contributed by atoms with Crippen LogP contribution in [0.25, 0.3) is 0 Å². The molecule has 0 unspecified atom stereocenters. The molecular formula is C17H28N4O2S. The van der Waals surface area contributed by atoms with Crippen molar-refractivity contribution < 1.29 is 9.59 Å². The maximum Gasteiger partial charge on any atom is 0.265 e. The third-order valence-corrected chi connectivity index (χ3v) is 5.42. The zero-order valence-corrected chi connectivity index (χ0v) is 16.1. The highest BCUT2D eigenvalue weighted by atomic mass is 32.1. The summed E-state index contributed by atoms with van der Waals surface area (Å²) in [6.45, 7) is 13.2. The number of aryl methyl sites for hydroxylation is 1. The van der Waals surface area contributed by atoms with Crippen LogP contribution in [0, 0.1) is 6.92 Å². The summed E-state index contributed by atoms with van der Waals surface area (Å²) in [6.07, 6.45) is 0. The molecule has 24 heavy (non-hydrogen) atoms. The Kier molecular flexibility index (Phi) is 6.34. The number of hydrogen-bond acceptors (Lipinski definition) is 5. The van der Waals surface area contributed by atoms with Crippen LogP contribution in [0.2, 0.25) is 0 Å². The molecule has 7 heteroatoms. The summed E-state index contributed by atoms with van der Waals surface area (Å²) >= 11 is 1.51. The monoisotopic (exact) mass is 352 g/mol. The molecule has 0 radical (unpaired) electrons. The Hall–Kier alpha value is -1.47. The molecule has 2 amide bonds. The van der Waals surface area contributed by atoms with Crippen LogP contribution < -0.4 is 5.32 Å². The molecule has 0 bridgehead atoms. The summed E-state index contributed by atoms with van der Waals surface area (Å²) in [7, 11) is 0. The predicted molar refractivity (Wildman–Crippen MR) is 96.6 cm³/mol. The number of hydrogen-bond donors (Lipinski definition) is 1. The Morgan fingerprint density at radius 3 is 2.29 bits per heavy atom. The van der Waals surface area contributed by atoms with Gasteiger partial charge in [-0.3, -0.25) is 14.5 Å². The minimum atomic E-state index is 0.0460. The number of nitrogens with zero attached hydrogens (tertiary/aromatic N) is 3. The molecule has 1 saturated heterocycles. The van der Waals surface area contributed by atoms with Gasteiger partial charge in [0.15, 0.2) is 0 Å². The molecule has 1 N–H and O–H groups in total. The van der Waals surface area contributed by atoms with E-state index in [0.29, 0.717) is 25.6 Å². The highest BCUT2D eigenvalue weighted by Crippen LogP contribution is 2.26. The van der Waals surface area contributed by atoms with E-state index in [1.165, 1.54) is 11.3 Å². The van der Waals surface area contributed by atoms with Crippen LogP contribution in [0.3, 0.4) is 0 Å². The zero-order chi connectivity index (χ0) is 17.9. The van der Waals surface area contributed by atoms with Crippen molar-refractivity contribution in [2.45, 2.75) is 46.6 Å². The number of nitrogens with one attached hydrogen (secondary N) is 1. The summed E-state index contributed by atoms with van der Waals surface area (Å²) in [5.41, 5.74) is 0.826. The van der Waals surface area contributed by atoms with E-state index in [2.05, 4.69) is 29.0 Å². The molecule has 0 saturated carbocycles. The van der Waals surface area contributed by atoms with Crippen LogP contribution in [-0.2, 0) is 4.79 Å². The van der Waals surface area contributed by atoms with Gasteiger partial charge in [-0.25, -0.2) is 4.98 Å². The van der Waals surface area contributed by atoms with Crippen LogP contribution >= 0.6 is 11.3 Å². The quantitative estimate of drug-likeness (QED) is 0.878. The second-order valence-electron chi connectivity index (χ2n) is 6.91. The predicted octanol–water partition coefficient (Wildman–Crippen LogP) is 1.86. The van der Waals surface area contributed by atoms with Crippen molar-refractivity contribution in [1.29, 1.82) is 0 Å². The number of rotatable bonds is 5. The Morgan fingerprint density at radius 1 is 1.17 bits per heavy atom. The molecule has 0 atom stereocenters. The number of carbonyl (C=O) groups excluding carboxylic acids is 2. The van der Waals surface area contributed by atoms with E-state index in [4.69, 9.17) is 0 Å². The van der Waals surface area contributed by atoms with E-state index in [-0.39, 0.29) is 17.9 Å². The van der Waals surface area contributed by atoms with E-state index in [1.807, 2.05) is 25.7 Å². The van der Waals surface area contributed by atoms with Gasteiger partial charge in [0.25, 0.3) is 5.91 Å². The summed E-state index contributed by atoms with van der Waals surface area (Å²) in [5, 5.41) is 3.92. The van der Waals surface area contributed by atoms with Gasteiger partial charge in [0.2, 0.25) is 5.91 Å². The van der Waals surface area contributed by atoms with Crippen LogP contribution in [-0.4, -0.2) is 65.4 Å². The van der Waals surface area contributed by atoms with Crippen molar-refractivity contribution in [3.8, 4) is 0 Å². The molecule has 0 aliphatic carbocycles. The van der Waals surface area contributed by atoms with Crippen LogP contribution in [0.15, 0.2) is 0 Å². The fourth-order valence-electron chi connectivity index (χ4n) is 2.69. The molecule has 2 rings (SSSR count). The molecule has 1 aromatic heterocycles. The Balaban J connectivity index is 1.90. The normalized spacial score (nSPS) is 16.0. The summed E-state index contributed by atoms with van der Waals surface area (Å²) < 4.78 is 0. The number of carbonyl (C=O) groups is 2. The van der Waals surface area contributed by atoms with E-state index in [0.717, 1.165) is 28.7 Å². The minimum Gasteiger partial charge on any atom is -0.353 e. The maximum atomic E-state index is 12.7. The average Bonchev–Trinajstić information content (AvgIpc) is 2.88. The first-order valence-corrected chi connectivity index (χ1v) is 9.38. The lowest BCUT2D eigenvalue weighted by atomic mass is 10.2. The highest BCUT2D eigenvalue weighted by molar-refractivity contribution is 7.13. The van der Waals surface area contributed by atoms with Crippen LogP contribution in [0.1, 0.15) is 54.0 Å². The molecule has 1 fully saturated rings. The highest BCUT2D eigenvalue weighted by Gasteiger charge is 2.26. The fraction of sp³-hybridized carbons (Fsp3) is 0.706. The van der Waals surface area contributed by atoms with Crippen LogP contribution in [0.4, 0.5) is 0 Å². The number of thiazole rings is 1. The molecule has 0 aromatic carbocycles. The van der Waals surface area contributed by atoms with E-state index in [1.54, 1.807) is 0 Å². The lowest BCUT2D eigenvalue weighted by molar-refractivity contribution is -0.123. The third-order valence-electron chi connectivity index (χ3n) is 3.98. The van der Waals surface area contributed by atoms with Gasteiger partial charge in [-0.2, -0.15) is 0 Å². The average molecular weight is 353 g/mol. The zero-order valence-electron chi connectivity index (χ0n) is 15.3. The SMILES string of the molecule is Cc1nc(C(C)C)sc1C(=O)N1CCN(CC(=O)NC(C)C)CC1. The van der Waals surface area contributed by atoms with Gasteiger partial charge >= 0.3 is 0 Å². The van der Waals surface area contributed by atoms with Crippen molar-refractivity contribution >= 4 is 23.2 Å². The van der Waals surface area contributed by atoms with E-state index in [9.17, 15) is 9.59 Å². The first-order chi connectivity index (χ1) is 11.3. The maximum absolute atomic E-state index is 12.7. The van der Waals surface area contributed by atoms with Gasteiger partial charge in [-0.05, 0) is 20.8 Å². The largest absolute Gasteiger partial charge is 0.353 e. The first-order valence-electron chi connectivity index (χ1n) is 8.56. The molecule has 2 heterocycles. The van der Waals surface area contributed by atoms with Crippen molar-refractivity contribution in [1.82, 2.24) is 20.1 Å². The van der Waals surface area contributed by atoms with Crippen molar-refractivity contribution in [2.75, 3.05) is 32.7 Å². The second-order valence-corrected chi connectivity index (χ2v) is 7.94. The van der Waals surface area contributed by atoms with Gasteiger partial charge in [-0.15, -0.1) is 11.3 Å². The number of aromatic nitrogens is 1. The van der Waals surface area contributed by atoms with Gasteiger partial charge in [0.1, 0.15) is 4.88 Å². The Morgan fingerprint density at radius 2 is 1.79 bits per heavy atom. The van der Waals surface area contributed by atoms with Crippen molar-refractivity contribution in [3.05, 3.63) is 15.6 Å².